The molecule has 4 nitrogen and oxygen atoms in total. The summed E-state index contributed by atoms with van der Waals surface area (Å²) < 4.78 is 11.4. The summed E-state index contributed by atoms with van der Waals surface area (Å²) in [6, 6.07) is 20.2. The van der Waals surface area contributed by atoms with Gasteiger partial charge in [0.15, 0.2) is 0 Å². The van der Waals surface area contributed by atoms with E-state index in [1.54, 1.807) is 0 Å². The zero-order valence-electron chi connectivity index (χ0n) is 12.7. The summed E-state index contributed by atoms with van der Waals surface area (Å²) in [6.07, 6.45) is 0. The van der Waals surface area contributed by atoms with Gasteiger partial charge in [0.1, 0.15) is 0 Å². The summed E-state index contributed by atoms with van der Waals surface area (Å²) in [5.41, 5.74) is 2.31. The molecule has 0 heterocycles. The van der Waals surface area contributed by atoms with Gasteiger partial charge >= 0.3 is 0 Å². The molecule has 2 N–H and O–H groups in total. The minimum atomic E-state index is 0.123. The van der Waals surface area contributed by atoms with Gasteiger partial charge in [-0.05, 0) is 11.1 Å². The molecule has 4 heteroatoms. The molecule has 0 fully saturated rings. The van der Waals surface area contributed by atoms with Crippen molar-refractivity contribution in [2.45, 2.75) is 13.2 Å². The first-order chi connectivity index (χ1) is 10.9. The lowest BCUT2D eigenvalue weighted by atomic mass is 10.2. The highest BCUT2D eigenvalue weighted by Gasteiger charge is 2.10. The van der Waals surface area contributed by atoms with Crippen LogP contribution < -0.4 is 5.90 Å². The van der Waals surface area contributed by atoms with Crippen molar-refractivity contribution in [3.63, 3.8) is 0 Å². The fourth-order valence-electron chi connectivity index (χ4n) is 2.12. The maximum Gasteiger partial charge on any atom is 0.0751 e. The Morgan fingerprint density at radius 2 is 1.14 bits per heavy atom. The van der Waals surface area contributed by atoms with Crippen molar-refractivity contribution >= 4 is 0 Å². The van der Waals surface area contributed by atoms with Gasteiger partial charge in [0.05, 0.1) is 33.0 Å². The summed E-state index contributed by atoms with van der Waals surface area (Å²) in [6.45, 7) is 2.70. The van der Waals surface area contributed by atoms with Gasteiger partial charge in [-0.25, -0.2) is 5.90 Å². The molecule has 118 valence electrons. The van der Waals surface area contributed by atoms with Crippen molar-refractivity contribution in [3.8, 4) is 0 Å². The molecule has 22 heavy (non-hydrogen) atoms. The van der Waals surface area contributed by atoms with Crippen LogP contribution in [0.3, 0.4) is 0 Å². The lowest BCUT2D eigenvalue weighted by Gasteiger charge is -2.16. The standard InChI is InChI=1S/C18H23NO3/c19-22-15-18(13-20-11-16-7-3-1-4-8-16)14-21-12-17-9-5-2-6-10-17/h1-10,18H,11-15,19H2. The predicted molar refractivity (Wildman–Crippen MR) is 85.8 cm³/mol. The zero-order chi connectivity index (χ0) is 15.5. The van der Waals surface area contributed by atoms with Gasteiger partial charge in [-0.2, -0.15) is 0 Å². The van der Waals surface area contributed by atoms with Crippen LogP contribution in [0.1, 0.15) is 11.1 Å². The Balaban J connectivity index is 1.68. The second-order valence-corrected chi connectivity index (χ2v) is 5.20. The number of nitrogens with two attached hydrogens (primary N) is 1. The average Bonchev–Trinajstić information content (AvgIpc) is 2.57. The van der Waals surface area contributed by atoms with Gasteiger partial charge in [0.25, 0.3) is 0 Å². The summed E-state index contributed by atoms with van der Waals surface area (Å²) in [4.78, 5) is 4.75. The van der Waals surface area contributed by atoms with E-state index in [-0.39, 0.29) is 5.92 Å². The molecule has 0 saturated heterocycles. The summed E-state index contributed by atoms with van der Waals surface area (Å²) >= 11 is 0. The van der Waals surface area contributed by atoms with E-state index in [9.17, 15) is 0 Å². The molecule has 2 aromatic rings. The van der Waals surface area contributed by atoms with Gasteiger partial charge in [-0.1, -0.05) is 60.7 Å². The highest BCUT2D eigenvalue weighted by molar-refractivity contribution is 5.14. The van der Waals surface area contributed by atoms with Crippen LogP contribution in [0.15, 0.2) is 60.7 Å². The van der Waals surface area contributed by atoms with Crippen LogP contribution in [0.25, 0.3) is 0 Å². The van der Waals surface area contributed by atoms with E-state index in [4.69, 9.17) is 20.2 Å². The maximum absolute atomic E-state index is 5.72. The minimum Gasteiger partial charge on any atom is -0.376 e. The van der Waals surface area contributed by atoms with E-state index in [2.05, 4.69) is 0 Å². The molecule has 0 saturated carbocycles. The molecule has 2 rings (SSSR count). The molecule has 0 aromatic heterocycles. The Labute approximate surface area is 131 Å². The second-order valence-electron chi connectivity index (χ2n) is 5.20. The van der Waals surface area contributed by atoms with Crippen LogP contribution in [-0.4, -0.2) is 19.8 Å². The van der Waals surface area contributed by atoms with E-state index >= 15 is 0 Å². The monoisotopic (exact) mass is 301 g/mol. The fraction of sp³-hybridized carbons (Fsp3) is 0.333. The molecule has 0 spiro atoms. The van der Waals surface area contributed by atoms with Crippen molar-refractivity contribution in [2.75, 3.05) is 19.8 Å². The van der Waals surface area contributed by atoms with Crippen molar-refractivity contribution < 1.29 is 14.3 Å². The average molecular weight is 301 g/mol. The van der Waals surface area contributed by atoms with Gasteiger partial charge in [-0.3, -0.25) is 0 Å². The van der Waals surface area contributed by atoms with E-state index in [0.717, 1.165) is 11.1 Å². The predicted octanol–water partition coefficient (Wildman–Crippen LogP) is 2.93. The molecule has 0 amide bonds. The smallest absolute Gasteiger partial charge is 0.0751 e. The van der Waals surface area contributed by atoms with Crippen molar-refractivity contribution in [1.82, 2.24) is 0 Å². The molecule has 0 bridgehead atoms. The minimum absolute atomic E-state index is 0.123. The van der Waals surface area contributed by atoms with Crippen LogP contribution in [0, 0.1) is 5.92 Å². The first-order valence-corrected chi connectivity index (χ1v) is 7.43. The Morgan fingerprint density at radius 3 is 1.55 bits per heavy atom. The summed E-state index contributed by atoms with van der Waals surface area (Å²) in [7, 11) is 0. The third kappa shape index (κ3) is 6.37. The Hall–Kier alpha value is -1.72. The van der Waals surface area contributed by atoms with Crippen molar-refractivity contribution in [2.24, 2.45) is 11.8 Å². The molecule has 2 aromatic carbocycles. The molecule has 0 aliphatic heterocycles. The second kappa shape index (κ2) is 10.1. The third-order valence-corrected chi connectivity index (χ3v) is 3.26. The first kappa shape index (κ1) is 16.6. The number of benzene rings is 2. The van der Waals surface area contributed by atoms with Crippen molar-refractivity contribution in [3.05, 3.63) is 71.8 Å². The molecule has 0 unspecified atom stereocenters. The Kier molecular flexibility index (Phi) is 7.63. The topological polar surface area (TPSA) is 53.7 Å². The van der Waals surface area contributed by atoms with E-state index < -0.39 is 0 Å². The molecule has 0 aliphatic rings. The van der Waals surface area contributed by atoms with Crippen LogP contribution >= 0.6 is 0 Å². The first-order valence-electron chi connectivity index (χ1n) is 7.43. The number of rotatable bonds is 10. The van der Waals surface area contributed by atoms with Gasteiger partial charge in [-0.15, -0.1) is 0 Å². The van der Waals surface area contributed by atoms with Crippen LogP contribution in [0.5, 0.6) is 0 Å². The van der Waals surface area contributed by atoms with Gasteiger partial charge in [0.2, 0.25) is 0 Å². The quantitative estimate of drug-likeness (QED) is 0.686. The van der Waals surface area contributed by atoms with E-state index in [0.29, 0.717) is 33.0 Å². The van der Waals surface area contributed by atoms with Gasteiger partial charge in [0, 0.05) is 5.92 Å². The lowest BCUT2D eigenvalue weighted by molar-refractivity contribution is -0.0145. The molecular weight excluding hydrogens is 278 g/mol. The molecule has 0 aliphatic carbocycles. The lowest BCUT2D eigenvalue weighted by Crippen LogP contribution is -2.23. The zero-order valence-corrected chi connectivity index (χ0v) is 12.7. The highest BCUT2D eigenvalue weighted by Crippen LogP contribution is 2.07. The summed E-state index contributed by atoms with van der Waals surface area (Å²) in [5, 5.41) is 0. The van der Waals surface area contributed by atoms with E-state index in [1.807, 2.05) is 60.7 Å². The molecular formula is C18H23NO3. The van der Waals surface area contributed by atoms with Crippen LogP contribution in [0.2, 0.25) is 0 Å². The summed E-state index contributed by atoms with van der Waals surface area (Å²) in [5.74, 6) is 5.31. The maximum atomic E-state index is 5.72. The van der Waals surface area contributed by atoms with E-state index in [1.165, 1.54) is 0 Å². The Morgan fingerprint density at radius 1 is 0.682 bits per heavy atom. The normalized spacial score (nSPS) is 11.0. The number of hydrogen-bond acceptors (Lipinski definition) is 4. The van der Waals surface area contributed by atoms with Crippen LogP contribution in [-0.2, 0) is 27.5 Å². The Bertz CT molecular complexity index is 459. The molecule has 0 atom stereocenters. The fourth-order valence-corrected chi connectivity index (χ4v) is 2.12. The largest absolute Gasteiger partial charge is 0.376 e. The SMILES string of the molecule is NOCC(COCc1ccccc1)COCc1ccccc1. The van der Waals surface area contributed by atoms with Gasteiger partial charge < -0.3 is 14.3 Å². The number of ether oxygens (including phenoxy) is 2. The van der Waals surface area contributed by atoms with Crippen LogP contribution in [0.4, 0.5) is 0 Å². The van der Waals surface area contributed by atoms with Crippen molar-refractivity contribution in [1.29, 1.82) is 0 Å². The third-order valence-electron chi connectivity index (χ3n) is 3.26. The molecule has 0 radical (unpaired) electrons. The highest BCUT2D eigenvalue weighted by atomic mass is 16.6. The number of hydrogen-bond donors (Lipinski definition) is 1.